The van der Waals surface area contributed by atoms with Gasteiger partial charge in [-0.15, -0.1) is 0 Å². The summed E-state index contributed by atoms with van der Waals surface area (Å²) in [6.07, 6.45) is 1.13. The van der Waals surface area contributed by atoms with Crippen molar-refractivity contribution in [1.29, 1.82) is 0 Å². The Kier molecular flexibility index (Phi) is 2.64. The Balaban J connectivity index is 2.13. The van der Waals surface area contributed by atoms with Crippen LogP contribution in [-0.4, -0.2) is 28.8 Å². The van der Waals surface area contributed by atoms with E-state index in [1.807, 2.05) is 0 Å². The minimum atomic E-state index is -1.05. The van der Waals surface area contributed by atoms with E-state index in [4.69, 9.17) is 21.4 Å². The first-order valence-corrected chi connectivity index (χ1v) is 4.79. The van der Waals surface area contributed by atoms with Crippen molar-refractivity contribution >= 4 is 17.7 Å². The number of halogens is 1. The zero-order valence-electron chi connectivity index (χ0n) is 7.74. The van der Waals surface area contributed by atoms with Gasteiger partial charge in [0.15, 0.2) is 0 Å². The van der Waals surface area contributed by atoms with Gasteiger partial charge in [0, 0.05) is 24.2 Å². The molecule has 0 aliphatic carbocycles. The number of hydrogen-bond acceptors (Lipinski definition) is 3. The van der Waals surface area contributed by atoms with Gasteiger partial charge in [-0.1, -0.05) is 11.6 Å². The van der Waals surface area contributed by atoms with Crippen LogP contribution in [-0.2, 0) is 6.42 Å². The first kappa shape index (κ1) is 10.0. The lowest BCUT2D eigenvalue weighted by molar-refractivity contribution is 0.176. The molecule has 0 unspecified atom stereocenters. The van der Waals surface area contributed by atoms with E-state index in [1.54, 1.807) is 12.3 Å². The monoisotopic (exact) mass is 228 g/mol. The molecule has 0 aromatic carbocycles. The molecule has 0 saturated heterocycles. The van der Waals surface area contributed by atoms with Gasteiger partial charge in [-0.25, -0.2) is 9.78 Å². The number of amides is 1. The van der Waals surface area contributed by atoms with Crippen molar-refractivity contribution in [1.82, 2.24) is 10.3 Å². The van der Waals surface area contributed by atoms with Crippen molar-refractivity contribution in [3.05, 3.63) is 23.0 Å². The molecule has 0 fully saturated rings. The van der Waals surface area contributed by atoms with E-state index < -0.39 is 6.09 Å². The average Bonchev–Trinajstić information content (AvgIpc) is 2.17. The predicted octanol–water partition coefficient (Wildman–Crippen LogP) is 1.31. The highest BCUT2D eigenvalue weighted by molar-refractivity contribution is 6.29. The Morgan fingerprint density at radius 1 is 1.73 bits per heavy atom. The van der Waals surface area contributed by atoms with Crippen molar-refractivity contribution in [3.8, 4) is 5.75 Å². The van der Waals surface area contributed by atoms with Gasteiger partial charge in [-0.3, -0.25) is 0 Å². The molecule has 1 aliphatic rings. The number of carboxylic acid groups (broad SMARTS) is 1. The topological polar surface area (TPSA) is 71.5 Å². The van der Waals surface area contributed by atoms with Crippen molar-refractivity contribution in [2.75, 3.05) is 6.61 Å². The minimum absolute atomic E-state index is 0.224. The summed E-state index contributed by atoms with van der Waals surface area (Å²) in [6, 6.07) is 1.41. The maximum atomic E-state index is 10.4. The number of ether oxygens (including phenoxy) is 1. The Bertz CT molecular complexity index is 397. The molecule has 1 amide bonds. The number of rotatable bonds is 1. The maximum absolute atomic E-state index is 10.4. The Morgan fingerprint density at radius 3 is 3.27 bits per heavy atom. The summed E-state index contributed by atoms with van der Waals surface area (Å²) in [5.74, 6) is 0.679. The summed E-state index contributed by atoms with van der Waals surface area (Å²) in [4.78, 5) is 14.3. The van der Waals surface area contributed by atoms with Gasteiger partial charge in [0.25, 0.3) is 0 Å². The minimum Gasteiger partial charge on any atom is -0.491 e. The number of hydrogen-bond donors (Lipinski definition) is 2. The lowest BCUT2D eigenvalue weighted by Gasteiger charge is -2.24. The van der Waals surface area contributed by atoms with Crippen LogP contribution in [0, 0.1) is 0 Å². The van der Waals surface area contributed by atoms with Crippen LogP contribution in [0.4, 0.5) is 4.79 Å². The zero-order valence-corrected chi connectivity index (χ0v) is 8.49. The Morgan fingerprint density at radius 2 is 2.53 bits per heavy atom. The van der Waals surface area contributed by atoms with Gasteiger partial charge >= 0.3 is 6.09 Å². The van der Waals surface area contributed by atoms with E-state index in [1.165, 1.54) is 0 Å². The largest absolute Gasteiger partial charge is 0.491 e. The molecule has 0 spiro atoms. The number of fused-ring (bicyclic) bond motifs is 1. The fraction of sp³-hybridized carbons (Fsp3) is 0.333. The van der Waals surface area contributed by atoms with Crippen molar-refractivity contribution in [2.45, 2.75) is 12.5 Å². The summed E-state index contributed by atoms with van der Waals surface area (Å²) < 4.78 is 5.37. The zero-order chi connectivity index (χ0) is 10.8. The van der Waals surface area contributed by atoms with Crippen molar-refractivity contribution in [3.63, 3.8) is 0 Å². The van der Waals surface area contributed by atoms with Crippen LogP contribution in [0.15, 0.2) is 12.3 Å². The molecule has 0 radical (unpaired) electrons. The van der Waals surface area contributed by atoms with Gasteiger partial charge in [-0.2, -0.15) is 0 Å². The molecule has 0 bridgehead atoms. The van der Waals surface area contributed by atoms with Crippen molar-refractivity contribution < 1.29 is 14.6 Å². The highest BCUT2D eigenvalue weighted by atomic mass is 35.5. The van der Waals surface area contributed by atoms with E-state index in [2.05, 4.69) is 10.3 Å². The molecule has 2 N–H and O–H groups in total. The first-order valence-electron chi connectivity index (χ1n) is 4.42. The molecular weight excluding hydrogens is 220 g/mol. The fourth-order valence-corrected chi connectivity index (χ4v) is 1.66. The fourth-order valence-electron chi connectivity index (χ4n) is 1.51. The molecule has 1 aromatic heterocycles. The quantitative estimate of drug-likeness (QED) is 0.711. The predicted molar refractivity (Wildman–Crippen MR) is 53.4 cm³/mol. The number of nitrogens with zero attached hydrogens (tertiary/aromatic N) is 1. The molecule has 1 aromatic rings. The third-order valence-electron chi connectivity index (χ3n) is 2.14. The van der Waals surface area contributed by atoms with Crippen LogP contribution in [0.1, 0.15) is 5.56 Å². The molecule has 1 aliphatic heterocycles. The third-order valence-corrected chi connectivity index (χ3v) is 2.35. The summed E-state index contributed by atoms with van der Waals surface area (Å²) in [5.41, 5.74) is 0.865. The van der Waals surface area contributed by atoms with Crippen molar-refractivity contribution in [2.24, 2.45) is 0 Å². The Labute approximate surface area is 91.0 Å². The summed E-state index contributed by atoms with van der Waals surface area (Å²) in [6.45, 7) is 0.319. The van der Waals surface area contributed by atoms with Crippen LogP contribution < -0.4 is 10.1 Å². The second-order valence-corrected chi connectivity index (χ2v) is 3.66. The summed E-state index contributed by atoms with van der Waals surface area (Å²) >= 11 is 5.70. The standard InChI is InChI=1S/C9H9ClN2O3/c10-8-2-7-5(3-11-8)1-6(4-15-7)12-9(13)14/h2-3,6,12H,1,4H2,(H,13,14)/t6-/m1/s1. The molecule has 1 atom stereocenters. The normalized spacial score (nSPS) is 18.9. The number of pyridine rings is 1. The second-order valence-electron chi connectivity index (χ2n) is 3.28. The van der Waals surface area contributed by atoms with Gasteiger partial charge in [0.05, 0.1) is 6.04 Å². The summed E-state index contributed by atoms with van der Waals surface area (Å²) in [5, 5.41) is 11.3. The lowest BCUT2D eigenvalue weighted by Crippen LogP contribution is -2.42. The van der Waals surface area contributed by atoms with Crippen LogP contribution in [0.2, 0.25) is 5.15 Å². The molecule has 6 heteroatoms. The van der Waals surface area contributed by atoms with Gasteiger partial charge in [0.2, 0.25) is 0 Å². The van der Waals surface area contributed by atoms with Crippen LogP contribution in [0.25, 0.3) is 0 Å². The van der Waals surface area contributed by atoms with Gasteiger partial charge < -0.3 is 15.2 Å². The van der Waals surface area contributed by atoms with E-state index in [-0.39, 0.29) is 6.04 Å². The number of nitrogens with one attached hydrogen (secondary N) is 1. The lowest BCUT2D eigenvalue weighted by atomic mass is 10.1. The van der Waals surface area contributed by atoms with Gasteiger partial charge in [-0.05, 0) is 0 Å². The van der Waals surface area contributed by atoms with Crippen LogP contribution in [0.3, 0.4) is 0 Å². The SMILES string of the molecule is O=C(O)N[C@H]1COc2cc(Cl)ncc2C1. The highest BCUT2D eigenvalue weighted by Gasteiger charge is 2.21. The van der Waals surface area contributed by atoms with Crippen LogP contribution >= 0.6 is 11.6 Å². The first-order chi connectivity index (χ1) is 7.15. The molecule has 5 nitrogen and oxygen atoms in total. The Hall–Kier alpha value is -1.49. The van der Waals surface area contributed by atoms with E-state index in [9.17, 15) is 4.79 Å². The molecular formula is C9H9ClN2O3. The summed E-state index contributed by atoms with van der Waals surface area (Å²) in [7, 11) is 0. The van der Waals surface area contributed by atoms with Gasteiger partial charge in [0.1, 0.15) is 17.5 Å². The molecule has 80 valence electrons. The second kappa shape index (κ2) is 3.94. The smallest absolute Gasteiger partial charge is 0.405 e. The molecule has 0 saturated carbocycles. The van der Waals surface area contributed by atoms with E-state index in [0.29, 0.717) is 23.9 Å². The molecule has 2 rings (SSSR count). The number of carbonyl (C=O) groups is 1. The molecule has 15 heavy (non-hydrogen) atoms. The van der Waals surface area contributed by atoms with Crippen LogP contribution in [0.5, 0.6) is 5.75 Å². The number of aromatic nitrogens is 1. The highest BCUT2D eigenvalue weighted by Crippen LogP contribution is 2.26. The van der Waals surface area contributed by atoms with E-state index >= 15 is 0 Å². The molecule has 2 heterocycles. The van der Waals surface area contributed by atoms with E-state index in [0.717, 1.165) is 5.56 Å². The average molecular weight is 229 g/mol. The maximum Gasteiger partial charge on any atom is 0.405 e. The third kappa shape index (κ3) is 2.30.